The van der Waals surface area contributed by atoms with Crippen molar-refractivity contribution in [3.05, 3.63) is 35.5 Å². The molecule has 0 aliphatic rings. The van der Waals surface area contributed by atoms with Gasteiger partial charge in [0.15, 0.2) is 0 Å². The molecule has 0 aromatic heterocycles. The van der Waals surface area contributed by atoms with Crippen LogP contribution in [-0.2, 0) is 0 Å². The predicted molar refractivity (Wildman–Crippen MR) is 65.7 cm³/mol. The highest BCUT2D eigenvalue weighted by Gasteiger charge is 2.37. The molecule has 96 valence electrons. The van der Waals surface area contributed by atoms with Crippen molar-refractivity contribution in [2.45, 2.75) is 22.6 Å². The molecule has 17 heavy (non-hydrogen) atoms. The molecule has 0 heterocycles. The second-order valence-electron chi connectivity index (χ2n) is 3.77. The van der Waals surface area contributed by atoms with Gasteiger partial charge >= 0.3 is 0 Å². The predicted octanol–water partition coefficient (Wildman–Crippen LogP) is 1.08. The highest BCUT2D eigenvalue weighted by molar-refractivity contribution is 8.00. The molecule has 0 spiro atoms. The van der Waals surface area contributed by atoms with Crippen molar-refractivity contribution in [3.8, 4) is 0 Å². The molecular formula is C11H16NO4S-. The Morgan fingerprint density at radius 1 is 1.29 bits per heavy atom. The molecule has 6 heteroatoms. The summed E-state index contributed by atoms with van der Waals surface area (Å²) in [6.07, 6.45) is 0. The topological polar surface area (TPSA) is 87.0 Å². The molecule has 1 atom stereocenters. The van der Waals surface area contributed by atoms with Gasteiger partial charge in [0.1, 0.15) is 0 Å². The minimum absolute atomic E-state index is 0.354. The van der Waals surface area contributed by atoms with Crippen molar-refractivity contribution in [1.82, 2.24) is 5.23 Å². The number of aliphatic hydroxyl groups is 2. The second kappa shape index (κ2) is 6.34. The van der Waals surface area contributed by atoms with Crippen molar-refractivity contribution >= 4 is 11.8 Å². The minimum atomic E-state index is -1.60. The summed E-state index contributed by atoms with van der Waals surface area (Å²) in [4.78, 5) is 0.896. The molecule has 0 saturated carbocycles. The van der Waals surface area contributed by atoms with E-state index in [0.29, 0.717) is 0 Å². The molecule has 0 saturated heterocycles. The zero-order valence-electron chi connectivity index (χ0n) is 9.48. The zero-order chi connectivity index (χ0) is 12.9. The van der Waals surface area contributed by atoms with Crippen molar-refractivity contribution in [1.29, 1.82) is 0 Å². The molecule has 0 fully saturated rings. The van der Waals surface area contributed by atoms with Gasteiger partial charge in [0.25, 0.3) is 0 Å². The summed E-state index contributed by atoms with van der Waals surface area (Å²) >= 11 is 1.31. The maximum Gasteiger partial charge on any atom is 0.0906 e. The first-order valence-corrected chi connectivity index (χ1v) is 6.04. The van der Waals surface area contributed by atoms with Gasteiger partial charge in [-0.2, -0.15) is 0 Å². The van der Waals surface area contributed by atoms with E-state index in [2.05, 4.69) is 0 Å². The van der Waals surface area contributed by atoms with Crippen LogP contribution in [0.2, 0.25) is 0 Å². The number of hydrogen-bond acceptors (Lipinski definition) is 6. The second-order valence-corrected chi connectivity index (χ2v) is 5.18. The molecule has 0 radical (unpaired) electrons. The Morgan fingerprint density at radius 3 is 2.24 bits per heavy atom. The SMILES string of the molecule is CC(Sc1ccccc1)C(CO)(CO)N([O-])O. The van der Waals surface area contributed by atoms with Gasteiger partial charge in [-0.05, 0) is 12.1 Å². The quantitative estimate of drug-likeness (QED) is 0.523. The lowest BCUT2D eigenvalue weighted by Gasteiger charge is -2.45. The third-order valence-electron chi connectivity index (χ3n) is 2.74. The van der Waals surface area contributed by atoms with E-state index >= 15 is 0 Å². The van der Waals surface area contributed by atoms with Gasteiger partial charge in [-0.3, -0.25) is 5.23 Å². The summed E-state index contributed by atoms with van der Waals surface area (Å²) in [5.74, 6) is 0. The summed E-state index contributed by atoms with van der Waals surface area (Å²) in [6.45, 7) is 0.431. The first kappa shape index (κ1) is 14.4. The van der Waals surface area contributed by atoms with Crippen LogP contribution in [0.3, 0.4) is 0 Å². The van der Waals surface area contributed by atoms with Gasteiger partial charge in [0.2, 0.25) is 0 Å². The number of hydroxylamine groups is 2. The average Bonchev–Trinajstić information content (AvgIpc) is 2.32. The summed E-state index contributed by atoms with van der Waals surface area (Å²) in [6, 6.07) is 9.28. The van der Waals surface area contributed by atoms with Gasteiger partial charge in [0, 0.05) is 10.1 Å². The molecule has 1 aromatic rings. The number of thioether (sulfide) groups is 1. The molecule has 0 aliphatic heterocycles. The van der Waals surface area contributed by atoms with Gasteiger partial charge in [-0.15, -0.1) is 11.8 Å². The smallest absolute Gasteiger partial charge is 0.0906 e. The number of nitrogens with zero attached hydrogens (tertiary/aromatic N) is 1. The average molecular weight is 258 g/mol. The van der Waals surface area contributed by atoms with Crippen LogP contribution in [-0.4, -0.2) is 44.6 Å². The number of hydrogen-bond donors (Lipinski definition) is 3. The highest BCUT2D eigenvalue weighted by atomic mass is 32.2. The maximum atomic E-state index is 11.1. The van der Waals surface area contributed by atoms with Crippen LogP contribution in [0.1, 0.15) is 6.92 Å². The van der Waals surface area contributed by atoms with Crippen molar-refractivity contribution in [2.24, 2.45) is 0 Å². The Balaban J connectivity index is 2.83. The third-order valence-corrected chi connectivity index (χ3v) is 4.08. The normalized spacial score (nSPS) is 14.0. The number of rotatable bonds is 6. The Hall–Kier alpha value is -0.630. The fraction of sp³-hybridized carbons (Fsp3) is 0.455. The molecule has 0 bridgehead atoms. The van der Waals surface area contributed by atoms with Crippen LogP contribution < -0.4 is 0 Å². The lowest BCUT2D eigenvalue weighted by molar-refractivity contribution is -0.161. The van der Waals surface area contributed by atoms with E-state index in [9.17, 15) is 15.4 Å². The third kappa shape index (κ3) is 3.19. The van der Waals surface area contributed by atoms with Crippen molar-refractivity contribution in [3.63, 3.8) is 0 Å². The fourth-order valence-electron chi connectivity index (χ4n) is 1.40. The molecule has 3 N–H and O–H groups in total. The fourth-order valence-corrected chi connectivity index (χ4v) is 2.58. The highest BCUT2D eigenvalue weighted by Crippen LogP contribution is 2.32. The van der Waals surface area contributed by atoms with Crippen LogP contribution >= 0.6 is 11.8 Å². The minimum Gasteiger partial charge on any atom is -0.762 e. The van der Waals surface area contributed by atoms with E-state index in [1.807, 2.05) is 30.3 Å². The van der Waals surface area contributed by atoms with Crippen LogP contribution in [0.25, 0.3) is 0 Å². The zero-order valence-corrected chi connectivity index (χ0v) is 10.3. The van der Waals surface area contributed by atoms with E-state index < -0.39 is 24.0 Å². The standard InChI is InChI=1S/C11H16NO4S/c1-9(11(7-13,8-14)12(15)16)17-10-5-3-2-4-6-10/h2-6,9,13-15H,7-8H2,1H3/q-1. The monoisotopic (exact) mass is 258 g/mol. The van der Waals surface area contributed by atoms with E-state index in [4.69, 9.17) is 5.21 Å². The molecular weight excluding hydrogens is 242 g/mol. The van der Waals surface area contributed by atoms with Gasteiger partial charge < -0.3 is 20.6 Å². The summed E-state index contributed by atoms with van der Waals surface area (Å²) < 4.78 is 0. The molecule has 0 aliphatic carbocycles. The number of benzene rings is 1. The Bertz CT molecular complexity index is 330. The molecule has 1 aromatic carbocycles. The van der Waals surface area contributed by atoms with E-state index in [1.165, 1.54) is 11.8 Å². The molecule has 1 rings (SSSR count). The maximum absolute atomic E-state index is 11.1. The van der Waals surface area contributed by atoms with Crippen molar-refractivity contribution < 1.29 is 15.4 Å². The Morgan fingerprint density at radius 2 is 1.82 bits per heavy atom. The Kier molecular flexibility index (Phi) is 5.38. The van der Waals surface area contributed by atoms with Gasteiger partial charge in [-0.25, -0.2) is 0 Å². The molecule has 5 nitrogen and oxygen atoms in total. The Labute approximate surface area is 104 Å². The first-order valence-electron chi connectivity index (χ1n) is 5.16. The van der Waals surface area contributed by atoms with Crippen LogP contribution in [0.5, 0.6) is 0 Å². The summed E-state index contributed by atoms with van der Waals surface area (Å²) in [5.41, 5.74) is -1.60. The number of aliphatic hydroxyl groups excluding tert-OH is 2. The summed E-state index contributed by atoms with van der Waals surface area (Å²) in [5, 5.41) is 37.8. The van der Waals surface area contributed by atoms with Crippen molar-refractivity contribution in [2.75, 3.05) is 13.2 Å². The first-order chi connectivity index (χ1) is 8.06. The molecule has 1 unspecified atom stereocenters. The van der Waals surface area contributed by atoms with Crippen LogP contribution in [0.15, 0.2) is 35.2 Å². The van der Waals surface area contributed by atoms with Gasteiger partial charge in [-0.1, -0.05) is 25.1 Å². The largest absolute Gasteiger partial charge is 0.762 e. The lowest BCUT2D eigenvalue weighted by atomic mass is 9.99. The van der Waals surface area contributed by atoms with E-state index in [0.717, 1.165) is 4.90 Å². The van der Waals surface area contributed by atoms with Crippen LogP contribution in [0.4, 0.5) is 0 Å². The van der Waals surface area contributed by atoms with E-state index in [-0.39, 0.29) is 5.23 Å². The van der Waals surface area contributed by atoms with Gasteiger partial charge in [0.05, 0.1) is 18.8 Å². The lowest BCUT2D eigenvalue weighted by Crippen LogP contribution is -2.56. The van der Waals surface area contributed by atoms with E-state index in [1.54, 1.807) is 6.92 Å². The summed E-state index contributed by atoms with van der Waals surface area (Å²) in [7, 11) is 0. The molecule has 0 amide bonds. The van der Waals surface area contributed by atoms with Crippen LogP contribution in [0, 0.1) is 5.21 Å².